The molecule has 0 amide bonds. The minimum absolute atomic E-state index is 0.516. The number of ether oxygens (including phenoxy) is 1. The van der Waals surface area contributed by atoms with Gasteiger partial charge in [0.1, 0.15) is 4.93 Å². The van der Waals surface area contributed by atoms with Crippen LogP contribution in [0.5, 0.6) is 0 Å². The Balaban J connectivity index is 2.08. The third kappa shape index (κ3) is 3.25. The van der Waals surface area contributed by atoms with Gasteiger partial charge >= 0.3 is 0 Å². The molecule has 0 aliphatic heterocycles. The molecule has 0 radical (unpaired) electrons. The van der Waals surface area contributed by atoms with Gasteiger partial charge in [-0.2, -0.15) is 0 Å². The molecule has 0 unspecified atom stereocenters. The van der Waals surface area contributed by atoms with Gasteiger partial charge in [-0.25, -0.2) is 4.98 Å². The summed E-state index contributed by atoms with van der Waals surface area (Å²) in [5.74, 6) is 0.774. The summed E-state index contributed by atoms with van der Waals surface area (Å²) in [7, 11) is 1.67. The Labute approximate surface area is 111 Å². The summed E-state index contributed by atoms with van der Waals surface area (Å²) in [6, 6.07) is 7.93. The first-order valence-corrected chi connectivity index (χ1v) is 6.86. The van der Waals surface area contributed by atoms with E-state index >= 15 is 0 Å². The van der Waals surface area contributed by atoms with Crippen molar-refractivity contribution in [2.75, 3.05) is 19.5 Å². The van der Waals surface area contributed by atoms with Crippen LogP contribution in [0.15, 0.2) is 30.6 Å². The largest absolute Gasteiger partial charge is 0.384 e. The summed E-state index contributed by atoms with van der Waals surface area (Å²) in [5.41, 5.74) is 2.00. The van der Waals surface area contributed by atoms with E-state index in [4.69, 9.17) is 4.74 Å². The molecule has 0 aliphatic rings. The van der Waals surface area contributed by atoms with E-state index < -0.39 is 4.93 Å². The van der Waals surface area contributed by atoms with Gasteiger partial charge in [0.15, 0.2) is 0 Å². The number of nitrogens with zero attached hydrogens (tertiary/aromatic N) is 2. The number of para-hydroxylation sites is 2. The minimum atomic E-state index is -0.817. The highest BCUT2D eigenvalue weighted by Gasteiger charge is 2.22. The zero-order valence-electron chi connectivity index (χ0n) is 10.7. The zero-order valence-corrected chi connectivity index (χ0v) is 11.5. The van der Waals surface area contributed by atoms with Crippen LogP contribution in [-0.4, -0.2) is 39.1 Å². The maximum absolute atomic E-state index is 10.3. The van der Waals surface area contributed by atoms with Crippen molar-refractivity contribution in [3.05, 3.63) is 30.6 Å². The number of rotatable bonds is 6. The van der Waals surface area contributed by atoms with E-state index in [1.54, 1.807) is 13.4 Å². The van der Waals surface area contributed by atoms with Crippen molar-refractivity contribution in [3.63, 3.8) is 0 Å². The molecule has 0 bridgehead atoms. The molecule has 1 heterocycles. The van der Waals surface area contributed by atoms with Gasteiger partial charge < -0.3 is 14.4 Å². The first kappa shape index (κ1) is 13.4. The van der Waals surface area contributed by atoms with Crippen molar-refractivity contribution in [2.24, 2.45) is 0 Å². The molecule has 0 saturated heterocycles. The van der Waals surface area contributed by atoms with E-state index in [-0.39, 0.29) is 0 Å². The lowest BCUT2D eigenvalue weighted by molar-refractivity contribution is 0.137. The molecule has 1 atom stereocenters. The van der Waals surface area contributed by atoms with Crippen LogP contribution in [0.3, 0.4) is 0 Å². The number of thioether (sulfide) groups is 1. The number of methoxy groups -OCH3 is 1. The number of hydrogen-bond donors (Lipinski definition) is 1. The summed E-state index contributed by atoms with van der Waals surface area (Å²) in [4.78, 5) is 3.50. The molecule has 98 valence electrons. The van der Waals surface area contributed by atoms with Crippen molar-refractivity contribution in [2.45, 2.75) is 18.4 Å². The van der Waals surface area contributed by atoms with Crippen LogP contribution in [0.4, 0.5) is 0 Å². The smallest absolute Gasteiger partial charge is 0.125 e. The Kier molecular flexibility index (Phi) is 4.27. The summed E-state index contributed by atoms with van der Waals surface area (Å²) >= 11 is 1.49. The fourth-order valence-electron chi connectivity index (χ4n) is 1.84. The van der Waals surface area contributed by atoms with Crippen molar-refractivity contribution in [1.29, 1.82) is 0 Å². The van der Waals surface area contributed by atoms with Crippen molar-refractivity contribution >= 4 is 22.8 Å². The van der Waals surface area contributed by atoms with Gasteiger partial charge in [-0.05, 0) is 19.1 Å². The highest BCUT2D eigenvalue weighted by Crippen LogP contribution is 2.25. The van der Waals surface area contributed by atoms with E-state index in [1.807, 2.05) is 35.8 Å². The van der Waals surface area contributed by atoms with Crippen LogP contribution in [-0.2, 0) is 11.3 Å². The predicted molar refractivity (Wildman–Crippen MR) is 74.7 cm³/mol. The number of aliphatic hydroxyl groups is 1. The van der Waals surface area contributed by atoms with Crippen LogP contribution < -0.4 is 0 Å². The molecule has 0 saturated carbocycles. The second kappa shape index (κ2) is 5.73. The topological polar surface area (TPSA) is 47.3 Å². The van der Waals surface area contributed by atoms with Gasteiger partial charge in [-0.15, -0.1) is 11.8 Å². The lowest BCUT2D eigenvalue weighted by Crippen LogP contribution is -2.27. The molecule has 2 aromatic rings. The highest BCUT2D eigenvalue weighted by molar-refractivity contribution is 8.00. The maximum Gasteiger partial charge on any atom is 0.125 e. The fraction of sp³-hybridized carbons (Fsp3) is 0.462. The predicted octanol–water partition coefficient (Wildman–Crippen LogP) is 2.12. The minimum Gasteiger partial charge on any atom is -0.384 e. The number of benzene rings is 1. The Hall–Kier alpha value is -1.04. The average Bonchev–Trinajstić information content (AvgIpc) is 2.72. The van der Waals surface area contributed by atoms with Crippen LogP contribution in [0.25, 0.3) is 11.0 Å². The quantitative estimate of drug-likeness (QED) is 0.642. The molecule has 1 N–H and O–H groups in total. The molecule has 5 heteroatoms. The lowest BCUT2D eigenvalue weighted by atomic mass is 10.3. The van der Waals surface area contributed by atoms with Gasteiger partial charge in [0.05, 0.1) is 30.5 Å². The normalized spacial score (nSPS) is 14.8. The van der Waals surface area contributed by atoms with Crippen molar-refractivity contribution < 1.29 is 9.84 Å². The molecule has 1 aromatic heterocycles. The molecule has 2 rings (SSSR count). The monoisotopic (exact) mass is 266 g/mol. The molecule has 0 spiro atoms. The van der Waals surface area contributed by atoms with Crippen molar-refractivity contribution in [1.82, 2.24) is 9.55 Å². The van der Waals surface area contributed by atoms with Crippen LogP contribution in [0, 0.1) is 0 Å². The highest BCUT2D eigenvalue weighted by atomic mass is 32.2. The lowest BCUT2D eigenvalue weighted by Gasteiger charge is -2.23. The number of imidazole rings is 1. The van der Waals surface area contributed by atoms with Gasteiger partial charge in [-0.1, -0.05) is 12.1 Å². The molecule has 0 aliphatic carbocycles. The average molecular weight is 266 g/mol. The zero-order chi connectivity index (χ0) is 13.0. The molecular weight excluding hydrogens is 248 g/mol. The van der Waals surface area contributed by atoms with E-state index in [0.29, 0.717) is 13.2 Å². The Morgan fingerprint density at radius 1 is 1.44 bits per heavy atom. The molecule has 4 nitrogen and oxygen atoms in total. The number of fused-ring (bicyclic) bond motifs is 1. The summed E-state index contributed by atoms with van der Waals surface area (Å²) in [6.45, 7) is 2.98. The Morgan fingerprint density at radius 2 is 2.22 bits per heavy atom. The first-order valence-electron chi connectivity index (χ1n) is 5.87. The standard InChI is InChI=1S/C13H18N2O2S/c1-13(16,18-8-7-17-2)9-15-10-14-11-5-3-4-6-12(11)15/h3-6,10,16H,7-9H2,1-2H3/t13-/m0/s1. The summed E-state index contributed by atoms with van der Waals surface area (Å²) < 4.78 is 6.97. The van der Waals surface area contributed by atoms with Gasteiger partial charge in [-0.3, -0.25) is 0 Å². The van der Waals surface area contributed by atoms with E-state index in [2.05, 4.69) is 4.98 Å². The first-order chi connectivity index (χ1) is 8.62. The number of hydrogen-bond acceptors (Lipinski definition) is 4. The molecule has 1 aromatic carbocycles. The number of aromatic nitrogens is 2. The second-order valence-corrected chi connectivity index (χ2v) is 5.95. The third-order valence-electron chi connectivity index (χ3n) is 2.69. The third-order valence-corrected chi connectivity index (χ3v) is 3.81. The molecule has 0 fully saturated rings. The van der Waals surface area contributed by atoms with Crippen LogP contribution >= 0.6 is 11.8 Å². The summed E-state index contributed by atoms with van der Waals surface area (Å²) in [6.07, 6.45) is 1.77. The van der Waals surface area contributed by atoms with E-state index in [9.17, 15) is 5.11 Å². The maximum atomic E-state index is 10.3. The van der Waals surface area contributed by atoms with Crippen molar-refractivity contribution in [3.8, 4) is 0 Å². The fourth-order valence-corrected chi connectivity index (χ4v) is 2.76. The Bertz CT molecular complexity index is 510. The summed E-state index contributed by atoms with van der Waals surface area (Å²) in [5, 5.41) is 10.3. The Morgan fingerprint density at radius 3 is 3.00 bits per heavy atom. The SMILES string of the molecule is COCCS[C@](C)(O)Cn1cnc2ccccc21. The second-order valence-electron chi connectivity index (χ2n) is 4.38. The van der Waals surface area contributed by atoms with E-state index in [1.165, 1.54) is 11.8 Å². The van der Waals surface area contributed by atoms with Gasteiger partial charge in [0.2, 0.25) is 0 Å². The van der Waals surface area contributed by atoms with Gasteiger partial charge in [0, 0.05) is 12.9 Å². The van der Waals surface area contributed by atoms with E-state index in [0.717, 1.165) is 16.8 Å². The molecular formula is C13H18N2O2S. The molecule has 18 heavy (non-hydrogen) atoms. The van der Waals surface area contributed by atoms with Gasteiger partial charge in [0.25, 0.3) is 0 Å². The van der Waals surface area contributed by atoms with Crippen LogP contribution in [0.1, 0.15) is 6.92 Å². The van der Waals surface area contributed by atoms with Crippen LogP contribution in [0.2, 0.25) is 0 Å².